The van der Waals surface area contributed by atoms with Gasteiger partial charge in [0.05, 0.1) is 11.7 Å². The predicted octanol–water partition coefficient (Wildman–Crippen LogP) is 3.84. The van der Waals surface area contributed by atoms with Crippen molar-refractivity contribution in [2.24, 2.45) is 10.2 Å². The van der Waals surface area contributed by atoms with Gasteiger partial charge in [0.1, 0.15) is 10.7 Å². The van der Waals surface area contributed by atoms with E-state index in [1.54, 1.807) is 0 Å². The Labute approximate surface area is 161 Å². The van der Waals surface area contributed by atoms with Gasteiger partial charge in [0.2, 0.25) is 5.88 Å². The number of nitrogens with zero attached hydrogens (tertiary/aromatic N) is 5. The van der Waals surface area contributed by atoms with Crippen molar-refractivity contribution in [2.75, 3.05) is 19.6 Å². The summed E-state index contributed by atoms with van der Waals surface area (Å²) >= 11 is 5.93. The lowest BCUT2D eigenvalue weighted by molar-refractivity contribution is 0.285. The molecule has 0 aliphatic rings. The van der Waals surface area contributed by atoms with Gasteiger partial charge in [-0.25, -0.2) is 5.10 Å². The fourth-order valence-corrected chi connectivity index (χ4v) is 3.05. The highest BCUT2D eigenvalue weighted by molar-refractivity contribution is 6.32. The molecule has 2 heterocycles. The minimum atomic E-state index is -0.543. The van der Waals surface area contributed by atoms with Crippen LogP contribution in [0.5, 0.6) is 5.88 Å². The van der Waals surface area contributed by atoms with Crippen LogP contribution < -0.4 is 5.56 Å². The maximum atomic E-state index is 11.5. The number of rotatable bonds is 7. The standard InChI is InChI=1S/C18H21ClN6O2/c1-3-24(4-2)9-10-25-14-8-6-5-7-12(14)16(18(25)27)22-21-13-11-20-23-17(26)15(13)19/h5-8,11,27H,3-4,9-10H2,1-2H3,(H,23,26). The van der Waals surface area contributed by atoms with Crippen molar-refractivity contribution < 1.29 is 5.11 Å². The molecule has 9 heteroatoms. The molecule has 0 atom stereocenters. The van der Waals surface area contributed by atoms with Gasteiger partial charge in [0.25, 0.3) is 5.56 Å². The molecule has 3 aromatic rings. The number of likely N-dealkylation sites (N-methyl/N-ethyl adjacent to an activating group) is 1. The van der Waals surface area contributed by atoms with Gasteiger partial charge in [-0.15, -0.1) is 10.2 Å². The van der Waals surface area contributed by atoms with E-state index < -0.39 is 5.56 Å². The molecule has 0 unspecified atom stereocenters. The van der Waals surface area contributed by atoms with E-state index in [1.165, 1.54) is 6.20 Å². The lowest BCUT2D eigenvalue weighted by Crippen LogP contribution is -2.26. The zero-order chi connectivity index (χ0) is 19.4. The molecular weight excluding hydrogens is 368 g/mol. The quantitative estimate of drug-likeness (QED) is 0.600. The lowest BCUT2D eigenvalue weighted by Gasteiger charge is -2.18. The molecule has 0 spiro atoms. The Balaban J connectivity index is 2.01. The number of hydrogen-bond donors (Lipinski definition) is 2. The third-order valence-electron chi connectivity index (χ3n) is 4.49. The Hall–Kier alpha value is -2.71. The molecule has 8 nitrogen and oxygen atoms in total. The Morgan fingerprint density at radius 2 is 2.00 bits per heavy atom. The van der Waals surface area contributed by atoms with Crippen molar-refractivity contribution in [1.82, 2.24) is 19.7 Å². The summed E-state index contributed by atoms with van der Waals surface area (Å²) in [6, 6.07) is 7.58. The average molecular weight is 389 g/mol. The number of benzene rings is 1. The predicted molar refractivity (Wildman–Crippen MR) is 105 cm³/mol. The van der Waals surface area contributed by atoms with Gasteiger partial charge >= 0.3 is 0 Å². The van der Waals surface area contributed by atoms with Gasteiger partial charge in [-0.1, -0.05) is 43.6 Å². The Bertz CT molecular complexity index is 1020. The second kappa shape index (κ2) is 8.32. The summed E-state index contributed by atoms with van der Waals surface area (Å²) < 4.78 is 1.82. The van der Waals surface area contributed by atoms with Crippen LogP contribution in [0.2, 0.25) is 5.02 Å². The molecule has 0 radical (unpaired) electrons. The second-order valence-corrected chi connectivity index (χ2v) is 6.34. The third kappa shape index (κ3) is 3.86. The van der Waals surface area contributed by atoms with Crippen LogP contribution in [0.15, 0.2) is 45.5 Å². The van der Waals surface area contributed by atoms with Gasteiger partial charge in [0, 0.05) is 18.5 Å². The number of fused-ring (bicyclic) bond motifs is 1. The number of aromatic amines is 1. The van der Waals surface area contributed by atoms with Gasteiger partial charge in [0.15, 0.2) is 5.69 Å². The van der Waals surface area contributed by atoms with Gasteiger partial charge in [-0.3, -0.25) is 4.79 Å². The monoisotopic (exact) mass is 388 g/mol. The minimum Gasteiger partial charge on any atom is -0.493 e. The molecule has 2 aromatic heterocycles. The summed E-state index contributed by atoms with van der Waals surface area (Å²) in [5, 5.41) is 25.5. The summed E-state index contributed by atoms with van der Waals surface area (Å²) in [6.07, 6.45) is 1.31. The Morgan fingerprint density at radius 1 is 1.26 bits per heavy atom. The van der Waals surface area contributed by atoms with Gasteiger partial charge in [-0.2, -0.15) is 5.10 Å². The van der Waals surface area contributed by atoms with Crippen LogP contribution in [0.1, 0.15) is 13.8 Å². The fourth-order valence-electron chi connectivity index (χ4n) is 2.93. The maximum Gasteiger partial charge on any atom is 0.285 e. The van der Waals surface area contributed by atoms with Gasteiger partial charge < -0.3 is 14.6 Å². The van der Waals surface area contributed by atoms with Crippen LogP contribution >= 0.6 is 11.6 Å². The molecule has 3 rings (SSSR count). The lowest BCUT2D eigenvalue weighted by atomic mass is 10.2. The maximum absolute atomic E-state index is 11.5. The molecule has 0 saturated carbocycles. The van der Waals surface area contributed by atoms with Gasteiger partial charge in [-0.05, 0) is 19.2 Å². The number of para-hydroxylation sites is 1. The molecule has 27 heavy (non-hydrogen) atoms. The summed E-state index contributed by atoms with van der Waals surface area (Å²) in [4.78, 5) is 13.8. The highest BCUT2D eigenvalue weighted by Crippen LogP contribution is 2.39. The number of azo groups is 1. The van der Waals surface area contributed by atoms with E-state index in [9.17, 15) is 9.90 Å². The van der Waals surface area contributed by atoms with E-state index in [0.717, 1.165) is 30.5 Å². The highest BCUT2D eigenvalue weighted by atomic mass is 35.5. The van der Waals surface area contributed by atoms with Crippen molar-refractivity contribution in [3.8, 4) is 5.88 Å². The molecule has 0 saturated heterocycles. The number of aromatic hydroxyl groups is 1. The first-order valence-electron chi connectivity index (χ1n) is 8.74. The van der Waals surface area contributed by atoms with E-state index in [4.69, 9.17) is 11.6 Å². The molecule has 1 aromatic carbocycles. The molecule has 0 aliphatic carbocycles. The largest absolute Gasteiger partial charge is 0.493 e. The Kier molecular flexibility index (Phi) is 5.88. The first-order valence-corrected chi connectivity index (χ1v) is 9.12. The smallest absolute Gasteiger partial charge is 0.285 e. The van der Waals surface area contributed by atoms with Crippen molar-refractivity contribution >= 4 is 33.9 Å². The summed E-state index contributed by atoms with van der Waals surface area (Å²) in [5.41, 5.74) is 0.798. The average Bonchev–Trinajstić information content (AvgIpc) is 2.95. The molecule has 0 fully saturated rings. The van der Waals surface area contributed by atoms with Crippen molar-refractivity contribution in [1.29, 1.82) is 0 Å². The summed E-state index contributed by atoms with van der Waals surface area (Å²) in [5.74, 6) is 0.0287. The van der Waals surface area contributed by atoms with Crippen LogP contribution in [0.3, 0.4) is 0 Å². The SMILES string of the molecule is CCN(CC)CCn1c(O)c(N=Nc2cn[nH]c(=O)c2Cl)c2ccccc21. The van der Waals surface area contributed by atoms with Crippen LogP contribution in [-0.4, -0.2) is 44.4 Å². The molecule has 0 aliphatic heterocycles. The van der Waals surface area contributed by atoms with Crippen molar-refractivity contribution in [3.63, 3.8) is 0 Å². The first-order chi connectivity index (χ1) is 13.1. The summed E-state index contributed by atoms with van der Waals surface area (Å²) in [7, 11) is 0. The number of aromatic nitrogens is 3. The molecular formula is C18H21ClN6O2. The number of nitrogens with one attached hydrogen (secondary N) is 1. The summed E-state index contributed by atoms with van der Waals surface area (Å²) in [6.45, 7) is 7.52. The molecule has 0 bridgehead atoms. The van der Waals surface area contributed by atoms with Crippen molar-refractivity contribution in [2.45, 2.75) is 20.4 Å². The van der Waals surface area contributed by atoms with Crippen LogP contribution in [-0.2, 0) is 6.54 Å². The number of halogens is 1. The minimum absolute atomic E-state index is 0.0287. The Morgan fingerprint density at radius 3 is 2.74 bits per heavy atom. The third-order valence-corrected chi connectivity index (χ3v) is 4.85. The number of hydrogen-bond acceptors (Lipinski definition) is 6. The van der Waals surface area contributed by atoms with E-state index in [2.05, 4.69) is 39.2 Å². The van der Waals surface area contributed by atoms with E-state index in [-0.39, 0.29) is 16.6 Å². The van der Waals surface area contributed by atoms with E-state index in [0.29, 0.717) is 12.2 Å². The van der Waals surface area contributed by atoms with E-state index in [1.807, 2.05) is 28.8 Å². The van der Waals surface area contributed by atoms with Crippen LogP contribution in [0, 0.1) is 0 Å². The normalized spacial score (nSPS) is 11.9. The molecule has 0 amide bonds. The van der Waals surface area contributed by atoms with Crippen LogP contribution in [0.4, 0.5) is 11.4 Å². The number of H-pyrrole nitrogens is 1. The first kappa shape index (κ1) is 19.1. The zero-order valence-electron chi connectivity index (χ0n) is 15.2. The molecule has 142 valence electrons. The topological polar surface area (TPSA) is 98.9 Å². The van der Waals surface area contributed by atoms with Crippen molar-refractivity contribution in [3.05, 3.63) is 45.8 Å². The van der Waals surface area contributed by atoms with E-state index >= 15 is 0 Å². The second-order valence-electron chi connectivity index (χ2n) is 5.97. The highest BCUT2D eigenvalue weighted by Gasteiger charge is 2.17. The van der Waals surface area contributed by atoms with Crippen LogP contribution in [0.25, 0.3) is 10.9 Å². The zero-order valence-corrected chi connectivity index (χ0v) is 15.9. The molecule has 2 N–H and O–H groups in total. The fraction of sp³-hybridized carbons (Fsp3) is 0.333.